The summed E-state index contributed by atoms with van der Waals surface area (Å²) in [6.07, 6.45) is 5.64. The molecule has 5 rings (SSSR count). The summed E-state index contributed by atoms with van der Waals surface area (Å²) in [4.78, 5) is 24.3. The van der Waals surface area contributed by atoms with Crippen molar-refractivity contribution in [2.75, 3.05) is 39.3 Å². The van der Waals surface area contributed by atoms with Crippen molar-refractivity contribution in [2.24, 2.45) is 5.92 Å². The zero-order valence-electron chi connectivity index (χ0n) is 19.9. The summed E-state index contributed by atoms with van der Waals surface area (Å²) < 4.78 is 0. The Bertz CT molecular complexity index is 1040. The molecule has 0 N–H and O–H groups in total. The zero-order valence-corrected chi connectivity index (χ0v) is 19.9. The Kier molecular flexibility index (Phi) is 7.32. The lowest BCUT2D eigenvalue weighted by atomic mass is 9.94. The van der Waals surface area contributed by atoms with Crippen molar-refractivity contribution < 1.29 is 4.79 Å². The van der Waals surface area contributed by atoms with Gasteiger partial charge in [0.2, 0.25) is 5.91 Å². The molecule has 1 aromatic heterocycles. The molecular formula is C29H34N4O. The molecule has 0 aliphatic carbocycles. The van der Waals surface area contributed by atoms with E-state index in [-0.39, 0.29) is 5.92 Å². The van der Waals surface area contributed by atoms with Crippen LogP contribution in [0.1, 0.15) is 24.0 Å². The highest BCUT2D eigenvalue weighted by atomic mass is 16.2. The number of piperidine rings is 1. The highest BCUT2D eigenvalue weighted by molar-refractivity contribution is 5.79. The molecule has 0 atom stereocenters. The molecule has 1 amide bonds. The summed E-state index contributed by atoms with van der Waals surface area (Å²) in [6, 6.07) is 23.6. The average molecular weight is 455 g/mol. The number of likely N-dealkylation sites (tertiary alicyclic amines) is 1. The van der Waals surface area contributed by atoms with Crippen molar-refractivity contribution in [3.8, 4) is 11.1 Å². The fourth-order valence-electron chi connectivity index (χ4n) is 5.16. The second-order valence-electron chi connectivity index (χ2n) is 9.57. The third-order valence-electron chi connectivity index (χ3n) is 7.24. The fraction of sp³-hybridized carbons (Fsp3) is 0.379. The van der Waals surface area contributed by atoms with Gasteiger partial charge in [0, 0.05) is 57.6 Å². The van der Waals surface area contributed by atoms with E-state index in [2.05, 4.69) is 86.4 Å². The highest BCUT2D eigenvalue weighted by Crippen LogP contribution is 2.23. The number of hydrogen-bond acceptors (Lipinski definition) is 4. The first-order chi connectivity index (χ1) is 16.7. The van der Waals surface area contributed by atoms with E-state index in [4.69, 9.17) is 0 Å². The Morgan fingerprint density at radius 3 is 1.88 bits per heavy atom. The van der Waals surface area contributed by atoms with Gasteiger partial charge in [-0.1, -0.05) is 54.6 Å². The van der Waals surface area contributed by atoms with E-state index < -0.39 is 0 Å². The molecule has 0 unspecified atom stereocenters. The number of carbonyl (C=O) groups excluding carboxylic acids is 1. The van der Waals surface area contributed by atoms with Crippen LogP contribution in [0.4, 0.5) is 0 Å². The normalized spacial score (nSPS) is 18.2. The minimum Gasteiger partial charge on any atom is -0.340 e. The van der Waals surface area contributed by atoms with Gasteiger partial charge in [-0.25, -0.2) is 0 Å². The number of nitrogens with zero attached hydrogens (tertiary/aromatic N) is 4. The maximum Gasteiger partial charge on any atom is 0.225 e. The van der Waals surface area contributed by atoms with E-state index in [1.54, 1.807) is 0 Å². The van der Waals surface area contributed by atoms with Crippen LogP contribution in [-0.2, 0) is 17.9 Å². The van der Waals surface area contributed by atoms with Crippen molar-refractivity contribution in [1.29, 1.82) is 0 Å². The van der Waals surface area contributed by atoms with Gasteiger partial charge in [0.05, 0.1) is 0 Å². The lowest BCUT2D eigenvalue weighted by Gasteiger charge is -2.38. The predicted octanol–water partition coefficient (Wildman–Crippen LogP) is 4.31. The molecule has 5 heteroatoms. The molecule has 0 bridgehead atoms. The van der Waals surface area contributed by atoms with Crippen LogP contribution in [0.2, 0.25) is 0 Å². The van der Waals surface area contributed by atoms with Crippen molar-refractivity contribution in [3.05, 3.63) is 90.3 Å². The minimum absolute atomic E-state index is 0.186. The van der Waals surface area contributed by atoms with E-state index >= 15 is 0 Å². The smallest absolute Gasteiger partial charge is 0.225 e. The molecule has 0 spiro atoms. The number of pyridine rings is 1. The van der Waals surface area contributed by atoms with Gasteiger partial charge in [0.1, 0.15) is 0 Å². The number of aromatic nitrogens is 1. The molecule has 2 aromatic carbocycles. The largest absolute Gasteiger partial charge is 0.340 e. The summed E-state index contributed by atoms with van der Waals surface area (Å²) in [5.41, 5.74) is 5.14. The van der Waals surface area contributed by atoms with Crippen LogP contribution in [0.3, 0.4) is 0 Å². The Balaban J connectivity index is 1.06. The first-order valence-electron chi connectivity index (χ1n) is 12.5. The first-order valence-corrected chi connectivity index (χ1v) is 12.5. The third kappa shape index (κ3) is 5.72. The van der Waals surface area contributed by atoms with Gasteiger partial charge in [0.25, 0.3) is 0 Å². The van der Waals surface area contributed by atoms with Crippen LogP contribution in [0.25, 0.3) is 11.1 Å². The van der Waals surface area contributed by atoms with E-state index in [1.807, 2.05) is 12.4 Å². The van der Waals surface area contributed by atoms with Crippen LogP contribution in [0.15, 0.2) is 79.1 Å². The molecular weight excluding hydrogens is 420 g/mol. The predicted molar refractivity (Wildman–Crippen MR) is 136 cm³/mol. The Morgan fingerprint density at radius 2 is 1.24 bits per heavy atom. The second kappa shape index (κ2) is 10.9. The summed E-state index contributed by atoms with van der Waals surface area (Å²) >= 11 is 0. The molecule has 0 radical (unpaired) electrons. The summed E-state index contributed by atoms with van der Waals surface area (Å²) in [5.74, 6) is 0.557. The number of carbonyl (C=O) groups is 1. The molecule has 176 valence electrons. The van der Waals surface area contributed by atoms with Gasteiger partial charge in [-0.05, 0) is 60.3 Å². The molecule has 3 heterocycles. The molecule has 0 saturated carbocycles. The third-order valence-corrected chi connectivity index (χ3v) is 7.24. The summed E-state index contributed by atoms with van der Waals surface area (Å²) in [7, 11) is 0. The van der Waals surface area contributed by atoms with Crippen molar-refractivity contribution in [2.45, 2.75) is 25.9 Å². The second-order valence-corrected chi connectivity index (χ2v) is 9.57. The quantitative estimate of drug-likeness (QED) is 0.557. The van der Waals surface area contributed by atoms with Crippen LogP contribution in [0, 0.1) is 5.92 Å². The van der Waals surface area contributed by atoms with Crippen LogP contribution < -0.4 is 0 Å². The molecule has 2 aliphatic rings. The van der Waals surface area contributed by atoms with Gasteiger partial charge in [-0.3, -0.25) is 19.6 Å². The van der Waals surface area contributed by atoms with Crippen LogP contribution >= 0.6 is 0 Å². The van der Waals surface area contributed by atoms with Crippen molar-refractivity contribution >= 4 is 5.91 Å². The Labute approximate surface area is 203 Å². The van der Waals surface area contributed by atoms with Gasteiger partial charge in [-0.2, -0.15) is 0 Å². The van der Waals surface area contributed by atoms with Crippen LogP contribution in [-0.4, -0.2) is 64.9 Å². The molecule has 2 fully saturated rings. The SMILES string of the molecule is O=C(C1CCN(Cc2ccncc2)CC1)N1CCN(Cc2ccc(-c3ccccc3)cc2)CC1. The first kappa shape index (κ1) is 22.8. The van der Waals surface area contributed by atoms with E-state index in [0.717, 1.165) is 65.2 Å². The maximum atomic E-state index is 13.1. The lowest BCUT2D eigenvalue weighted by molar-refractivity contribution is -0.139. The van der Waals surface area contributed by atoms with E-state index in [0.29, 0.717) is 5.91 Å². The number of rotatable bonds is 6. The molecule has 3 aromatic rings. The minimum atomic E-state index is 0.186. The number of benzene rings is 2. The van der Waals surface area contributed by atoms with Crippen LogP contribution in [0.5, 0.6) is 0 Å². The average Bonchev–Trinajstić information content (AvgIpc) is 2.91. The monoisotopic (exact) mass is 454 g/mol. The Morgan fingerprint density at radius 1 is 0.676 bits per heavy atom. The summed E-state index contributed by atoms with van der Waals surface area (Å²) in [5, 5.41) is 0. The summed E-state index contributed by atoms with van der Waals surface area (Å²) in [6.45, 7) is 7.49. The maximum absolute atomic E-state index is 13.1. The zero-order chi connectivity index (χ0) is 23.2. The topological polar surface area (TPSA) is 39.7 Å². The molecule has 2 saturated heterocycles. The standard InChI is InChI=1S/C29H34N4O/c34-29(28-12-16-31(17-13-28)23-25-10-14-30-15-11-25)33-20-18-32(19-21-33)22-24-6-8-27(9-7-24)26-4-2-1-3-5-26/h1-11,14-15,28H,12-13,16-23H2. The highest BCUT2D eigenvalue weighted by Gasteiger charge is 2.30. The van der Waals surface area contributed by atoms with Gasteiger partial charge >= 0.3 is 0 Å². The molecule has 34 heavy (non-hydrogen) atoms. The number of hydrogen-bond donors (Lipinski definition) is 0. The van der Waals surface area contributed by atoms with Gasteiger partial charge in [0.15, 0.2) is 0 Å². The Hall–Kier alpha value is -3.02. The molecule has 2 aliphatic heterocycles. The van der Waals surface area contributed by atoms with E-state index in [1.165, 1.54) is 22.3 Å². The van der Waals surface area contributed by atoms with E-state index in [9.17, 15) is 4.79 Å². The number of amides is 1. The van der Waals surface area contributed by atoms with Gasteiger partial charge < -0.3 is 4.90 Å². The molecule has 5 nitrogen and oxygen atoms in total. The van der Waals surface area contributed by atoms with Crippen molar-refractivity contribution in [3.63, 3.8) is 0 Å². The van der Waals surface area contributed by atoms with Gasteiger partial charge in [-0.15, -0.1) is 0 Å². The fourth-order valence-corrected chi connectivity index (χ4v) is 5.16. The van der Waals surface area contributed by atoms with Crippen molar-refractivity contribution in [1.82, 2.24) is 19.7 Å². The number of piperazine rings is 1. The lowest BCUT2D eigenvalue weighted by Crippen LogP contribution is -2.51.